The molecule has 0 radical (unpaired) electrons. The molecule has 23 heavy (non-hydrogen) atoms. The van der Waals surface area contributed by atoms with Gasteiger partial charge in [0.1, 0.15) is 5.69 Å². The third-order valence-corrected chi connectivity index (χ3v) is 3.85. The predicted octanol–water partition coefficient (Wildman–Crippen LogP) is 3.79. The molecule has 1 N–H and O–H groups in total. The molecule has 2 aromatic rings. The second-order valence-electron chi connectivity index (χ2n) is 5.74. The summed E-state index contributed by atoms with van der Waals surface area (Å²) in [5.74, 6) is -0.398. The van der Waals surface area contributed by atoms with Crippen molar-refractivity contribution in [3.05, 3.63) is 52.3 Å². The minimum absolute atomic E-state index is 0.152. The Hall–Kier alpha value is -2.08. The average Bonchev–Trinajstić information content (AvgIpc) is 2.89. The summed E-state index contributed by atoms with van der Waals surface area (Å²) in [6.45, 7) is 4.01. The first-order valence-corrected chi connectivity index (χ1v) is 8.10. The summed E-state index contributed by atoms with van der Waals surface area (Å²) in [7, 11) is 3.37. The van der Waals surface area contributed by atoms with E-state index in [2.05, 4.69) is 21.2 Å². The fourth-order valence-corrected chi connectivity index (χ4v) is 2.70. The van der Waals surface area contributed by atoms with Gasteiger partial charge in [0.05, 0.1) is 11.3 Å². The average molecular weight is 378 g/mol. The summed E-state index contributed by atoms with van der Waals surface area (Å²) < 4.78 is 2.73. The molecule has 0 saturated heterocycles. The van der Waals surface area contributed by atoms with Gasteiger partial charge in [-0.15, -0.1) is 0 Å². The first-order valence-electron chi connectivity index (χ1n) is 7.30. The maximum Gasteiger partial charge on any atom is 0.272 e. The van der Waals surface area contributed by atoms with Crippen molar-refractivity contribution in [1.82, 2.24) is 9.47 Å². The number of para-hydroxylation sites is 1. The van der Waals surface area contributed by atoms with Gasteiger partial charge in [0, 0.05) is 30.8 Å². The van der Waals surface area contributed by atoms with Crippen molar-refractivity contribution < 1.29 is 9.59 Å². The molecule has 0 bridgehead atoms. The van der Waals surface area contributed by atoms with Gasteiger partial charge in [-0.2, -0.15) is 0 Å². The molecule has 0 aliphatic heterocycles. The Morgan fingerprint density at radius 1 is 1.22 bits per heavy atom. The van der Waals surface area contributed by atoms with Gasteiger partial charge in [-0.3, -0.25) is 9.59 Å². The number of nitrogens with one attached hydrogen (secondary N) is 1. The molecule has 2 amide bonds. The summed E-state index contributed by atoms with van der Waals surface area (Å²) >= 11 is 3.40. The first kappa shape index (κ1) is 17.3. The van der Waals surface area contributed by atoms with E-state index in [1.807, 2.05) is 24.6 Å². The van der Waals surface area contributed by atoms with Crippen LogP contribution in [0.3, 0.4) is 0 Å². The Labute approximate surface area is 144 Å². The van der Waals surface area contributed by atoms with Crippen LogP contribution < -0.4 is 5.32 Å². The van der Waals surface area contributed by atoms with Gasteiger partial charge >= 0.3 is 0 Å². The monoisotopic (exact) mass is 377 g/mol. The lowest BCUT2D eigenvalue weighted by Gasteiger charge is -2.16. The second kappa shape index (κ2) is 7.00. The Morgan fingerprint density at radius 3 is 2.48 bits per heavy atom. The van der Waals surface area contributed by atoms with E-state index >= 15 is 0 Å². The third-order valence-electron chi connectivity index (χ3n) is 3.42. The highest BCUT2D eigenvalue weighted by Crippen LogP contribution is 2.22. The lowest BCUT2D eigenvalue weighted by molar-refractivity contribution is 0.0828. The van der Waals surface area contributed by atoms with Gasteiger partial charge < -0.3 is 14.8 Å². The molecule has 0 saturated carbocycles. The zero-order valence-electron chi connectivity index (χ0n) is 13.6. The molecule has 122 valence electrons. The van der Waals surface area contributed by atoms with E-state index < -0.39 is 0 Å². The van der Waals surface area contributed by atoms with E-state index in [1.165, 1.54) is 4.90 Å². The Morgan fingerprint density at radius 2 is 1.87 bits per heavy atom. The van der Waals surface area contributed by atoms with Crippen LogP contribution in [0.15, 0.2) is 41.0 Å². The zero-order chi connectivity index (χ0) is 17.1. The van der Waals surface area contributed by atoms with Crippen LogP contribution >= 0.6 is 15.9 Å². The third kappa shape index (κ3) is 3.82. The smallest absolute Gasteiger partial charge is 0.272 e. The summed E-state index contributed by atoms with van der Waals surface area (Å²) in [6.07, 6.45) is 1.87. The van der Waals surface area contributed by atoms with Crippen LogP contribution in [-0.4, -0.2) is 35.4 Å². The van der Waals surface area contributed by atoms with Crippen LogP contribution in [0, 0.1) is 0 Å². The molecule has 1 aromatic carbocycles. The molecule has 1 heterocycles. The highest BCUT2D eigenvalue weighted by Gasteiger charge is 2.18. The molecular formula is C17H20BrN3O2. The zero-order valence-corrected chi connectivity index (χ0v) is 15.2. The number of nitrogens with zero attached hydrogens (tertiary/aromatic N) is 2. The number of benzene rings is 1. The minimum atomic E-state index is -0.247. The number of rotatable bonds is 4. The standard InChI is InChI=1S/C17H20BrN3O2/c1-11(2)21-10-12(18)9-15(21)16(22)19-14-8-6-5-7-13(14)17(23)20(3)4/h5-11H,1-4H3,(H,19,22). The van der Waals surface area contributed by atoms with Crippen molar-refractivity contribution in [1.29, 1.82) is 0 Å². The Bertz CT molecular complexity index is 735. The number of hydrogen-bond acceptors (Lipinski definition) is 2. The number of amides is 2. The molecular weight excluding hydrogens is 358 g/mol. The summed E-state index contributed by atoms with van der Waals surface area (Å²) in [4.78, 5) is 26.3. The molecule has 0 aliphatic rings. The highest BCUT2D eigenvalue weighted by atomic mass is 79.9. The highest BCUT2D eigenvalue weighted by molar-refractivity contribution is 9.10. The topological polar surface area (TPSA) is 54.3 Å². The Balaban J connectivity index is 2.33. The lowest BCUT2D eigenvalue weighted by atomic mass is 10.1. The molecule has 0 atom stereocenters. The summed E-state index contributed by atoms with van der Waals surface area (Å²) in [5, 5.41) is 2.84. The van der Waals surface area contributed by atoms with Crippen LogP contribution in [0.1, 0.15) is 40.7 Å². The number of carbonyl (C=O) groups excluding carboxylic acids is 2. The first-order chi connectivity index (χ1) is 10.8. The Kier molecular flexibility index (Phi) is 5.26. The molecule has 2 rings (SSSR count). The SMILES string of the molecule is CC(C)n1cc(Br)cc1C(=O)Nc1ccccc1C(=O)N(C)C. The maximum absolute atomic E-state index is 12.6. The van der Waals surface area contributed by atoms with Crippen LogP contribution in [0.25, 0.3) is 0 Å². The summed E-state index contributed by atoms with van der Waals surface area (Å²) in [6, 6.07) is 8.92. The van der Waals surface area contributed by atoms with Gasteiger partial charge in [0.25, 0.3) is 11.8 Å². The van der Waals surface area contributed by atoms with Crippen molar-refractivity contribution in [2.75, 3.05) is 19.4 Å². The normalized spacial score (nSPS) is 10.7. The van der Waals surface area contributed by atoms with E-state index in [0.29, 0.717) is 16.9 Å². The van der Waals surface area contributed by atoms with Gasteiger partial charge in [0.15, 0.2) is 0 Å². The molecule has 6 heteroatoms. The number of aromatic nitrogens is 1. The number of anilines is 1. The van der Waals surface area contributed by atoms with Crippen molar-refractivity contribution >= 4 is 33.4 Å². The fraction of sp³-hybridized carbons (Fsp3) is 0.294. The van der Waals surface area contributed by atoms with Gasteiger partial charge in [-0.1, -0.05) is 12.1 Å². The molecule has 1 aromatic heterocycles. The van der Waals surface area contributed by atoms with E-state index in [4.69, 9.17) is 0 Å². The van der Waals surface area contributed by atoms with E-state index in [0.717, 1.165) is 4.47 Å². The minimum Gasteiger partial charge on any atom is -0.345 e. The molecule has 0 aliphatic carbocycles. The van der Waals surface area contributed by atoms with Crippen LogP contribution in [0.5, 0.6) is 0 Å². The molecule has 0 unspecified atom stereocenters. The van der Waals surface area contributed by atoms with E-state index in [9.17, 15) is 9.59 Å². The molecule has 5 nitrogen and oxygen atoms in total. The summed E-state index contributed by atoms with van der Waals surface area (Å²) in [5.41, 5.74) is 1.51. The van der Waals surface area contributed by atoms with Gasteiger partial charge in [0.2, 0.25) is 0 Å². The largest absolute Gasteiger partial charge is 0.345 e. The maximum atomic E-state index is 12.6. The molecule has 0 fully saturated rings. The van der Waals surface area contributed by atoms with Crippen molar-refractivity contribution in [3.8, 4) is 0 Å². The van der Waals surface area contributed by atoms with Crippen molar-refractivity contribution in [3.63, 3.8) is 0 Å². The van der Waals surface area contributed by atoms with Crippen LogP contribution in [-0.2, 0) is 0 Å². The number of halogens is 1. The lowest BCUT2D eigenvalue weighted by Crippen LogP contribution is -2.24. The molecule has 0 spiro atoms. The van der Waals surface area contributed by atoms with Gasteiger partial charge in [-0.25, -0.2) is 0 Å². The van der Waals surface area contributed by atoms with E-state index in [-0.39, 0.29) is 17.9 Å². The van der Waals surface area contributed by atoms with Gasteiger partial charge in [-0.05, 0) is 48.0 Å². The number of hydrogen-bond donors (Lipinski definition) is 1. The van der Waals surface area contributed by atoms with E-state index in [1.54, 1.807) is 44.4 Å². The van der Waals surface area contributed by atoms with Crippen molar-refractivity contribution in [2.24, 2.45) is 0 Å². The predicted molar refractivity (Wildman–Crippen MR) is 94.9 cm³/mol. The quantitative estimate of drug-likeness (QED) is 0.880. The van der Waals surface area contributed by atoms with Crippen LogP contribution in [0.2, 0.25) is 0 Å². The van der Waals surface area contributed by atoms with Crippen LogP contribution in [0.4, 0.5) is 5.69 Å². The number of carbonyl (C=O) groups is 2. The van der Waals surface area contributed by atoms with Crippen molar-refractivity contribution in [2.45, 2.75) is 19.9 Å². The second-order valence-corrected chi connectivity index (χ2v) is 6.66. The fourth-order valence-electron chi connectivity index (χ4n) is 2.26.